The number of aliphatic carboxylic acids is 1. The van der Waals surface area contributed by atoms with Crippen molar-refractivity contribution in [3.63, 3.8) is 0 Å². The SMILES string of the molecule is CCCCN(C)S(=O)(=O)c1ccc(/C=C/C(=O)O)cc1F. The smallest absolute Gasteiger partial charge is 0.328 e. The normalized spacial score (nSPS) is 12.2. The maximum Gasteiger partial charge on any atom is 0.328 e. The van der Waals surface area contributed by atoms with Crippen molar-refractivity contribution < 1.29 is 22.7 Å². The fraction of sp³-hybridized carbons (Fsp3) is 0.357. The number of unbranched alkanes of at least 4 members (excludes halogenated alkanes) is 1. The highest BCUT2D eigenvalue weighted by atomic mass is 32.2. The second-order valence-electron chi connectivity index (χ2n) is 4.54. The predicted molar refractivity (Wildman–Crippen MR) is 77.8 cm³/mol. The number of benzene rings is 1. The van der Waals surface area contributed by atoms with Gasteiger partial charge in [0.05, 0.1) is 0 Å². The lowest BCUT2D eigenvalue weighted by atomic mass is 10.2. The molecule has 0 aliphatic carbocycles. The molecule has 0 radical (unpaired) electrons. The average molecular weight is 315 g/mol. The number of halogens is 1. The van der Waals surface area contributed by atoms with Crippen molar-refractivity contribution in [3.05, 3.63) is 35.7 Å². The minimum absolute atomic E-state index is 0.282. The molecule has 0 saturated heterocycles. The predicted octanol–water partition coefficient (Wildman–Crippen LogP) is 2.34. The third-order valence-corrected chi connectivity index (χ3v) is 4.78. The second kappa shape index (κ2) is 7.33. The van der Waals surface area contributed by atoms with Crippen molar-refractivity contribution in [1.82, 2.24) is 4.31 Å². The Morgan fingerprint density at radius 1 is 1.43 bits per heavy atom. The quantitative estimate of drug-likeness (QED) is 0.784. The van der Waals surface area contributed by atoms with Crippen molar-refractivity contribution in [2.75, 3.05) is 13.6 Å². The van der Waals surface area contributed by atoms with Crippen LogP contribution in [0.15, 0.2) is 29.2 Å². The molecule has 1 N–H and O–H groups in total. The van der Waals surface area contributed by atoms with Crippen molar-refractivity contribution in [2.24, 2.45) is 0 Å². The summed E-state index contributed by atoms with van der Waals surface area (Å²) in [6, 6.07) is 3.51. The largest absolute Gasteiger partial charge is 0.478 e. The van der Waals surface area contributed by atoms with Crippen LogP contribution in [0.1, 0.15) is 25.3 Å². The number of hydrogen-bond acceptors (Lipinski definition) is 3. The van der Waals surface area contributed by atoms with Crippen LogP contribution >= 0.6 is 0 Å². The first-order valence-electron chi connectivity index (χ1n) is 6.46. The Morgan fingerprint density at radius 2 is 2.10 bits per heavy atom. The van der Waals surface area contributed by atoms with Crippen LogP contribution in [0.25, 0.3) is 6.08 Å². The molecule has 21 heavy (non-hydrogen) atoms. The minimum Gasteiger partial charge on any atom is -0.478 e. The molecule has 0 spiro atoms. The average Bonchev–Trinajstić information content (AvgIpc) is 2.42. The molecule has 5 nitrogen and oxygen atoms in total. The van der Waals surface area contributed by atoms with Crippen LogP contribution in [0, 0.1) is 5.82 Å². The lowest BCUT2D eigenvalue weighted by Crippen LogP contribution is -2.28. The zero-order valence-electron chi connectivity index (χ0n) is 11.9. The Balaban J connectivity index is 3.06. The molecule has 0 saturated carbocycles. The summed E-state index contributed by atoms with van der Waals surface area (Å²) >= 11 is 0. The summed E-state index contributed by atoms with van der Waals surface area (Å²) in [6.45, 7) is 2.25. The molecule has 0 amide bonds. The fourth-order valence-electron chi connectivity index (χ4n) is 1.67. The number of nitrogens with zero attached hydrogens (tertiary/aromatic N) is 1. The van der Waals surface area contributed by atoms with Gasteiger partial charge in [0.2, 0.25) is 10.0 Å². The Hall–Kier alpha value is -1.73. The number of carbonyl (C=O) groups is 1. The summed E-state index contributed by atoms with van der Waals surface area (Å²) in [4.78, 5) is 9.98. The third-order valence-electron chi connectivity index (χ3n) is 2.89. The van der Waals surface area contributed by atoms with Crippen LogP contribution in [0.4, 0.5) is 4.39 Å². The van der Waals surface area contributed by atoms with Gasteiger partial charge < -0.3 is 5.11 Å². The zero-order valence-corrected chi connectivity index (χ0v) is 12.7. The zero-order chi connectivity index (χ0) is 16.0. The third kappa shape index (κ3) is 4.64. The first kappa shape index (κ1) is 17.3. The minimum atomic E-state index is -3.87. The molecule has 0 aliphatic rings. The molecule has 0 fully saturated rings. The van der Waals surface area contributed by atoms with Crippen molar-refractivity contribution >= 4 is 22.1 Å². The Kier molecular flexibility index (Phi) is 6.04. The molecule has 116 valence electrons. The van der Waals surface area contributed by atoms with Crippen LogP contribution in [0.2, 0.25) is 0 Å². The van der Waals surface area contributed by atoms with Crippen molar-refractivity contribution in [3.8, 4) is 0 Å². The highest BCUT2D eigenvalue weighted by molar-refractivity contribution is 7.89. The van der Waals surface area contributed by atoms with E-state index in [-0.39, 0.29) is 5.56 Å². The van der Waals surface area contributed by atoms with Gasteiger partial charge in [-0.05, 0) is 30.2 Å². The van der Waals surface area contributed by atoms with Gasteiger partial charge in [-0.25, -0.2) is 21.9 Å². The van der Waals surface area contributed by atoms with E-state index in [1.54, 1.807) is 0 Å². The first-order valence-corrected chi connectivity index (χ1v) is 7.90. The highest BCUT2D eigenvalue weighted by Gasteiger charge is 2.23. The molecule has 1 rings (SSSR count). The van der Waals surface area contributed by atoms with Crippen molar-refractivity contribution in [2.45, 2.75) is 24.7 Å². The van der Waals surface area contributed by atoms with E-state index in [1.807, 2.05) is 6.92 Å². The van der Waals surface area contributed by atoms with Gasteiger partial charge in [0.15, 0.2) is 0 Å². The van der Waals surface area contributed by atoms with Crippen LogP contribution in [0.3, 0.4) is 0 Å². The molecular weight excluding hydrogens is 297 g/mol. The van der Waals surface area contributed by atoms with Gasteiger partial charge in [0, 0.05) is 19.7 Å². The molecule has 0 atom stereocenters. The summed E-state index contributed by atoms with van der Waals surface area (Å²) in [7, 11) is -2.47. The van der Waals surface area contributed by atoms with E-state index in [0.29, 0.717) is 13.0 Å². The Morgan fingerprint density at radius 3 is 2.62 bits per heavy atom. The topological polar surface area (TPSA) is 74.7 Å². The van der Waals surface area contributed by atoms with E-state index in [0.717, 1.165) is 28.9 Å². The van der Waals surface area contributed by atoms with Crippen LogP contribution in [0.5, 0.6) is 0 Å². The maximum absolute atomic E-state index is 14.0. The molecule has 0 aromatic heterocycles. The fourth-order valence-corrected chi connectivity index (χ4v) is 2.92. The second-order valence-corrected chi connectivity index (χ2v) is 6.55. The van der Waals surface area contributed by atoms with E-state index in [4.69, 9.17) is 5.11 Å². The van der Waals surface area contributed by atoms with E-state index >= 15 is 0 Å². The van der Waals surface area contributed by atoms with Gasteiger partial charge in [0.25, 0.3) is 0 Å². The molecule has 0 bridgehead atoms. The number of carboxylic acids is 1. The van der Waals surface area contributed by atoms with Gasteiger partial charge in [-0.3, -0.25) is 0 Å². The molecule has 0 aliphatic heterocycles. The lowest BCUT2D eigenvalue weighted by molar-refractivity contribution is -0.131. The van der Waals surface area contributed by atoms with E-state index in [2.05, 4.69) is 0 Å². The summed E-state index contributed by atoms with van der Waals surface area (Å²) in [6.07, 6.45) is 3.58. The lowest BCUT2D eigenvalue weighted by Gasteiger charge is -2.17. The maximum atomic E-state index is 14.0. The Bertz CT molecular complexity index is 640. The van der Waals surface area contributed by atoms with Gasteiger partial charge in [-0.2, -0.15) is 0 Å². The summed E-state index contributed by atoms with van der Waals surface area (Å²) in [5, 5.41) is 8.50. The van der Waals surface area contributed by atoms with E-state index in [9.17, 15) is 17.6 Å². The van der Waals surface area contributed by atoms with Crippen LogP contribution in [-0.2, 0) is 14.8 Å². The molecule has 0 heterocycles. The van der Waals surface area contributed by atoms with Gasteiger partial charge >= 0.3 is 5.97 Å². The molecular formula is C14H18FNO4S. The monoisotopic (exact) mass is 315 g/mol. The number of sulfonamides is 1. The number of carboxylic acid groups (broad SMARTS) is 1. The van der Waals surface area contributed by atoms with Crippen LogP contribution in [-0.4, -0.2) is 37.4 Å². The van der Waals surface area contributed by atoms with Crippen molar-refractivity contribution in [1.29, 1.82) is 0 Å². The summed E-state index contributed by atoms with van der Waals surface area (Å²) in [5.41, 5.74) is 0.282. The van der Waals surface area contributed by atoms with E-state index in [1.165, 1.54) is 19.2 Å². The van der Waals surface area contributed by atoms with E-state index < -0.39 is 26.7 Å². The van der Waals surface area contributed by atoms with Gasteiger partial charge in [0.1, 0.15) is 10.7 Å². The highest BCUT2D eigenvalue weighted by Crippen LogP contribution is 2.20. The molecule has 1 aromatic carbocycles. The molecule has 7 heteroatoms. The number of hydrogen-bond donors (Lipinski definition) is 1. The van der Waals surface area contributed by atoms with Gasteiger partial charge in [-0.1, -0.05) is 19.4 Å². The summed E-state index contributed by atoms with van der Waals surface area (Å²) < 4.78 is 39.5. The summed E-state index contributed by atoms with van der Waals surface area (Å²) in [5.74, 6) is -2.06. The Labute approximate surface area is 123 Å². The molecule has 0 unspecified atom stereocenters. The standard InChI is InChI=1S/C14H18FNO4S/c1-3-4-9-16(2)21(19,20)13-7-5-11(10-12(13)15)6-8-14(17)18/h5-8,10H,3-4,9H2,1-2H3,(H,17,18)/b8-6+. The van der Waals surface area contributed by atoms with Gasteiger partial charge in [-0.15, -0.1) is 0 Å². The molecule has 1 aromatic rings. The van der Waals surface area contributed by atoms with Crippen LogP contribution < -0.4 is 0 Å². The first-order chi connectivity index (χ1) is 9.78. The number of rotatable bonds is 7.